The molecule has 0 unspecified atom stereocenters. The molecule has 16 heavy (non-hydrogen) atoms. The maximum absolute atomic E-state index is 13.5. The highest BCUT2D eigenvalue weighted by Crippen LogP contribution is 2.38. The van der Waals surface area contributed by atoms with E-state index in [9.17, 15) is 8.78 Å². The molecule has 0 aromatic heterocycles. The minimum absolute atomic E-state index is 0.0541. The number of benzene rings is 1. The Bertz CT molecular complexity index is 382. The first kappa shape index (κ1) is 11.1. The highest BCUT2D eigenvalue weighted by Gasteiger charge is 2.31. The van der Waals surface area contributed by atoms with Crippen LogP contribution in [0.3, 0.4) is 0 Å². The first-order chi connectivity index (χ1) is 7.63. The van der Waals surface area contributed by atoms with Crippen LogP contribution in [0.5, 0.6) is 11.5 Å². The number of nitrogens with two attached hydrogens (primary N) is 1. The normalized spacial score (nSPS) is 14.9. The summed E-state index contributed by atoms with van der Waals surface area (Å²) in [7, 11) is 0. The summed E-state index contributed by atoms with van der Waals surface area (Å²) >= 11 is 0. The molecule has 0 saturated heterocycles. The van der Waals surface area contributed by atoms with Crippen LogP contribution >= 0.6 is 0 Å². The van der Waals surface area contributed by atoms with E-state index in [-0.39, 0.29) is 18.5 Å². The van der Waals surface area contributed by atoms with Gasteiger partial charge in [0, 0.05) is 12.0 Å². The molecule has 2 N–H and O–H groups in total. The van der Waals surface area contributed by atoms with Crippen molar-refractivity contribution in [2.45, 2.75) is 12.3 Å². The lowest BCUT2D eigenvalue weighted by Crippen LogP contribution is -2.20. The van der Waals surface area contributed by atoms with E-state index in [2.05, 4.69) is 0 Å². The average Bonchev–Trinajstić information content (AvgIpc) is 2.28. The molecule has 5 heteroatoms. The smallest absolute Gasteiger partial charge is 0.274 e. The van der Waals surface area contributed by atoms with Gasteiger partial charge >= 0.3 is 0 Å². The summed E-state index contributed by atoms with van der Waals surface area (Å²) in [6.45, 7) is 0.784. The van der Waals surface area contributed by atoms with Crippen LogP contribution < -0.4 is 15.2 Å². The number of ether oxygens (including phenoxy) is 2. The highest BCUT2D eigenvalue weighted by molar-refractivity contribution is 5.44. The van der Waals surface area contributed by atoms with Gasteiger partial charge in [-0.05, 0) is 24.7 Å². The molecule has 0 fully saturated rings. The Hall–Kier alpha value is -1.36. The SMILES string of the molecule is NCCC(F)(F)c1ccc2c(c1)OCCO2. The van der Waals surface area contributed by atoms with Gasteiger partial charge in [-0.1, -0.05) is 0 Å². The molecule has 0 spiro atoms. The monoisotopic (exact) mass is 229 g/mol. The molecule has 1 heterocycles. The molecule has 3 nitrogen and oxygen atoms in total. The summed E-state index contributed by atoms with van der Waals surface area (Å²) in [5.74, 6) is -2.02. The van der Waals surface area contributed by atoms with Gasteiger partial charge in [-0.3, -0.25) is 0 Å². The second kappa shape index (κ2) is 4.25. The van der Waals surface area contributed by atoms with Gasteiger partial charge in [0.05, 0.1) is 0 Å². The van der Waals surface area contributed by atoms with Gasteiger partial charge in [-0.25, -0.2) is 8.78 Å². The Kier molecular flexibility index (Phi) is 2.96. The molecular weight excluding hydrogens is 216 g/mol. The first-order valence-corrected chi connectivity index (χ1v) is 5.11. The molecule has 1 aliphatic heterocycles. The quantitative estimate of drug-likeness (QED) is 0.860. The average molecular weight is 229 g/mol. The fourth-order valence-corrected chi connectivity index (χ4v) is 1.60. The number of fused-ring (bicyclic) bond motifs is 1. The minimum Gasteiger partial charge on any atom is -0.486 e. The topological polar surface area (TPSA) is 44.5 Å². The molecule has 2 rings (SSSR count). The largest absolute Gasteiger partial charge is 0.486 e. The fourth-order valence-electron chi connectivity index (χ4n) is 1.60. The van der Waals surface area contributed by atoms with Crippen LogP contribution in [0.2, 0.25) is 0 Å². The number of hydrogen-bond acceptors (Lipinski definition) is 3. The molecule has 1 aromatic carbocycles. The van der Waals surface area contributed by atoms with Crippen molar-refractivity contribution in [2.24, 2.45) is 5.73 Å². The van der Waals surface area contributed by atoms with E-state index in [1.54, 1.807) is 0 Å². The summed E-state index contributed by atoms with van der Waals surface area (Å²) < 4.78 is 37.6. The van der Waals surface area contributed by atoms with Crippen LogP contribution in [0, 0.1) is 0 Å². The zero-order valence-electron chi connectivity index (χ0n) is 8.71. The first-order valence-electron chi connectivity index (χ1n) is 5.11. The number of hydrogen-bond donors (Lipinski definition) is 1. The van der Waals surface area contributed by atoms with Gasteiger partial charge in [0.25, 0.3) is 5.92 Å². The number of alkyl halides is 2. The van der Waals surface area contributed by atoms with Crippen molar-refractivity contribution in [1.29, 1.82) is 0 Å². The molecule has 0 bridgehead atoms. The van der Waals surface area contributed by atoms with E-state index >= 15 is 0 Å². The zero-order chi connectivity index (χ0) is 11.6. The molecule has 88 valence electrons. The van der Waals surface area contributed by atoms with E-state index in [0.717, 1.165) is 0 Å². The Morgan fingerprint density at radius 1 is 1.19 bits per heavy atom. The summed E-state index contributed by atoms with van der Waals surface area (Å²) in [5, 5.41) is 0. The minimum atomic E-state index is -2.91. The second-order valence-electron chi connectivity index (χ2n) is 3.60. The fraction of sp³-hybridized carbons (Fsp3) is 0.455. The van der Waals surface area contributed by atoms with Crippen LogP contribution in [-0.2, 0) is 5.92 Å². The molecular formula is C11H13F2NO2. The van der Waals surface area contributed by atoms with Crippen molar-refractivity contribution in [3.63, 3.8) is 0 Å². The Labute approximate surface area is 92.1 Å². The Morgan fingerprint density at radius 2 is 1.88 bits per heavy atom. The third kappa shape index (κ3) is 2.09. The Balaban J connectivity index is 2.29. The highest BCUT2D eigenvalue weighted by atomic mass is 19.3. The van der Waals surface area contributed by atoms with Gasteiger partial charge in [0.2, 0.25) is 0 Å². The van der Waals surface area contributed by atoms with E-state index in [1.165, 1.54) is 18.2 Å². The van der Waals surface area contributed by atoms with Crippen molar-refractivity contribution in [3.8, 4) is 11.5 Å². The third-order valence-electron chi connectivity index (χ3n) is 2.42. The lowest BCUT2D eigenvalue weighted by Gasteiger charge is -2.21. The third-order valence-corrected chi connectivity index (χ3v) is 2.42. The van der Waals surface area contributed by atoms with Crippen molar-refractivity contribution >= 4 is 0 Å². The summed E-state index contributed by atoms with van der Waals surface area (Å²) in [5.41, 5.74) is 5.07. The molecule has 0 atom stereocenters. The van der Waals surface area contributed by atoms with Gasteiger partial charge < -0.3 is 15.2 Å². The van der Waals surface area contributed by atoms with Crippen LogP contribution in [-0.4, -0.2) is 19.8 Å². The second-order valence-corrected chi connectivity index (χ2v) is 3.60. The van der Waals surface area contributed by atoms with E-state index in [4.69, 9.17) is 15.2 Å². The van der Waals surface area contributed by atoms with E-state index < -0.39 is 5.92 Å². The van der Waals surface area contributed by atoms with Crippen LogP contribution in [0.15, 0.2) is 18.2 Å². The number of halogens is 2. The van der Waals surface area contributed by atoms with Crippen LogP contribution in [0.1, 0.15) is 12.0 Å². The number of rotatable bonds is 3. The maximum Gasteiger partial charge on any atom is 0.274 e. The van der Waals surface area contributed by atoms with Gasteiger partial charge in [0.15, 0.2) is 11.5 Å². The summed E-state index contributed by atoms with van der Waals surface area (Å²) in [6, 6.07) is 4.18. The van der Waals surface area contributed by atoms with E-state index in [1.807, 2.05) is 0 Å². The van der Waals surface area contributed by atoms with Gasteiger partial charge in [0.1, 0.15) is 13.2 Å². The zero-order valence-corrected chi connectivity index (χ0v) is 8.71. The van der Waals surface area contributed by atoms with Crippen molar-refractivity contribution in [2.75, 3.05) is 19.8 Å². The molecule has 0 amide bonds. The molecule has 0 saturated carbocycles. The molecule has 0 radical (unpaired) electrons. The predicted octanol–water partition coefficient (Wildman–Crippen LogP) is 1.90. The van der Waals surface area contributed by atoms with Crippen LogP contribution in [0.4, 0.5) is 8.78 Å². The lowest BCUT2D eigenvalue weighted by molar-refractivity contribution is -0.0111. The molecule has 1 aromatic rings. The van der Waals surface area contributed by atoms with Gasteiger partial charge in [-0.15, -0.1) is 0 Å². The van der Waals surface area contributed by atoms with Crippen molar-refractivity contribution < 1.29 is 18.3 Å². The van der Waals surface area contributed by atoms with Crippen molar-refractivity contribution in [1.82, 2.24) is 0 Å². The van der Waals surface area contributed by atoms with Crippen LogP contribution in [0.25, 0.3) is 0 Å². The van der Waals surface area contributed by atoms with Gasteiger partial charge in [-0.2, -0.15) is 0 Å². The standard InChI is InChI=1S/C11H13F2NO2/c12-11(13,3-4-14)8-1-2-9-10(7-8)16-6-5-15-9/h1-2,7H,3-6,14H2. The predicted molar refractivity (Wildman–Crippen MR) is 55.0 cm³/mol. The Morgan fingerprint density at radius 3 is 2.56 bits per heavy atom. The molecule has 0 aliphatic carbocycles. The van der Waals surface area contributed by atoms with Crippen molar-refractivity contribution in [3.05, 3.63) is 23.8 Å². The molecule has 1 aliphatic rings. The maximum atomic E-state index is 13.5. The summed E-state index contributed by atoms with van der Waals surface area (Å²) in [6.07, 6.45) is -0.368. The lowest BCUT2D eigenvalue weighted by atomic mass is 10.0. The summed E-state index contributed by atoms with van der Waals surface area (Å²) in [4.78, 5) is 0. The van der Waals surface area contributed by atoms with E-state index in [0.29, 0.717) is 24.7 Å².